The molecule has 0 spiro atoms. The second-order valence-corrected chi connectivity index (χ2v) is 1.58. The molecule has 0 radical (unpaired) electrons. The van der Waals surface area contributed by atoms with Gasteiger partial charge in [0, 0.05) is 6.07 Å². The highest BCUT2D eigenvalue weighted by atomic mass is 16.5. The van der Waals surface area contributed by atoms with E-state index in [1.807, 2.05) is 19.9 Å². The van der Waals surface area contributed by atoms with Crippen molar-refractivity contribution < 1.29 is 4.52 Å². The molecule has 1 rings (SSSR count). The van der Waals surface area contributed by atoms with Crippen LogP contribution in [-0.4, -0.2) is 5.16 Å². The average Bonchev–Trinajstić information content (AvgIpc) is 2.20. The molecule has 0 saturated heterocycles. The van der Waals surface area contributed by atoms with Gasteiger partial charge in [0.15, 0.2) is 0 Å². The van der Waals surface area contributed by atoms with E-state index >= 15 is 0 Å². The molecule has 2 heteroatoms. The zero-order valence-electron chi connectivity index (χ0n) is 5.85. The van der Waals surface area contributed by atoms with Crippen LogP contribution in [0.5, 0.6) is 0 Å². The summed E-state index contributed by atoms with van der Waals surface area (Å²) in [5, 5.41) is 3.64. The monoisotopic (exact) mass is 125 g/mol. The molecule has 1 heterocycles. The molecular weight excluding hydrogens is 114 g/mol. The maximum Gasteiger partial charge on any atom is 0.133 e. The summed E-state index contributed by atoms with van der Waals surface area (Å²) in [5.41, 5.74) is 0.942. The Bertz CT molecular complexity index is 153. The molecular formula is C7H11NO. The van der Waals surface area contributed by atoms with Crippen molar-refractivity contribution in [3.8, 4) is 0 Å². The van der Waals surface area contributed by atoms with E-state index in [2.05, 4.69) is 18.3 Å². The minimum Gasteiger partial charge on any atom is -0.361 e. The van der Waals surface area contributed by atoms with Crippen LogP contribution in [0.15, 0.2) is 23.7 Å². The molecule has 0 aliphatic carbocycles. The van der Waals surface area contributed by atoms with Gasteiger partial charge in [-0.25, -0.2) is 0 Å². The Morgan fingerprint density at radius 3 is 2.11 bits per heavy atom. The lowest BCUT2D eigenvalue weighted by molar-refractivity contribution is 0.393. The van der Waals surface area contributed by atoms with Crippen molar-refractivity contribution in [2.24, 2.45) is 0 Å². The second kappa shape index (κ2) is 3.89. The average molecular weight is 125 g/mol. The summed E-state index contributed by atoms with van der Waals surface area (Å²) in [6.45, 7) is 9.77. The van der Waals surface area contributed by atoms with E-state index in [1.54, 1.807) is 0 Å². The van der Waals surface area contributed by atoms with Gasteiger partial charge in [0.25, 0.3) is 0 Å². The molecule has 0 aliphatic rings. The Labute approximate surface area is 55.2 Å². The van der Waals surface area contributed by atoms with Crippen molar-refractivity contribution >= 4 is 0 Å². The summed E-state index contributed by atoms with van der Waals surface area (Å²) in [4.78, 5) is 0. The summed E-state index contributed by atoms with van der Waals surface area (Å²) >= 11 is 0. The van der Waals surface area contributed by atoms with Gasteiger partial charge in [-0.2, -0.15) is 0 Å². The fourth-order valence-corrected chi connectivity index (χ4v) is 0.491. The van der Waals surface area contributed by atoms with E-state index in [0.29, 0.717) is 0 Å². The molecule has 0 fully saturated rings. The first-order valence-electron chi connectivity index (χ1n) is 2.69. The lowest BCUT2D eigenvalue weighted by atomic mass is 10.4. The van der Waals surface area contributed by atoms with E-state index in [4.69, 9.17) is 4.52 Å². The number of aromatic nitrogens is 1. The Hall–Kier alpha value is -1.05. The number of aryl methyl sites for hydroxylation is 2. The first-order chi connectivity index (χ1) is 4.29. The molecule has 0 amide bonds. The van der Waals surface area contributed by atoms with Crippen LogP contribution in [-0.2, 0) is 0 Å². The van der Waals surface area contributed by atoms with Crippen LogP contribution in [0.3, 0.4) is 0 Å². The van der Waals surface area contributed by atoms with E-state index in [1.165, 1.54) is 0 Å². The molecule has 2 nitrogen and oxygen atoms in total. The second-order valence-electron chi connectivity index (χ2n) is 1.58. The Morgan fingerprint density at radius 1 is 1.44 bits per heavy atom. The first-order valence-corrected chi connectivity index (χ1v) is 2.69. The van der Waals surface area contributed by atoms with Gasteiger partial charge in [0.2, 0.25) is 0 Å². The summed E-state index contributed by atoms with van der Waals surface area (Å²) in [6, 6.07) is 1.89. The lowest BCUT2D eigenvalue weighted by Gasteiger charge is -1.65. The standard InChI is InChI=1S/C5H7NO.C2H4/c1-4-3-5(2)7-6-4;1-2/h3H,1-2H3;1-2H2. The number of rotatable bonds is 0. The van der Waals surface area contributed by atoms with Crippen LogP contribution >= 0.6 is 0 Å². The largest absolute Gasteiger partial charge is 0.361 e. The van der Waals surface area contributed by atoms with E-state index < -0.39 is 0 Å². The minimum absolute atomic E-state index is 0.873. The molecule has 1 aromatic heterocycles. The van der Waals surface area contributed by atoms with Gasteiger partial charge in [-0.05, 0) is 13.8 Å². The lowest BCUT2D eigenvalue weighted by Crippen LogP contribution is -1.59. The van der Waals surface area contributed by atoms with Crippen LogP contribution in [0, 0.1) is 13.8 Å². The SMILES string of the molecule is C=C.Cc1cc(C)on1. The maximum atomic E-state index is 4.71. The van der Waals surface area contributed by atoms with Gasteiger partial charge in [0.1, 0.15) is 5.76 Å². The molecule has 0 unspecified atom stereocenters. The summed E-state index contributed by atoms with van der Waals surface area (Å²) < 4.78 is 4.71. The summed E-state index contributed by atoms with van der Waals surface area (Å²) in [7, 11) is 0. The van der Waals surface area contributed by atoms with Crippen molar-refractivity contribution in [3.63, 3.8) is 0 Å². The predicted molar refractivity (Wildman–Crippen MR) is 37.2 cm³/mol. The van der Waals surface area contributed by atoms with Gasteiger partial charge >= 0.3 is 0 Å². The van der Waals surface area contributed by atoms with Crippen molar-refractivity contribution in [1.29, 1.82) is 0 Å². The molecule has 0 atom stereocenters. The fourth-order valence-electron chi connectivity index (χ4n) is 0.491. The van der Waals surface area contributed by atoms with Crippen LogP contribution in [0.4, 0.5) is 0 Å². The molecule has 0 bridgehead atoms. The van der Waals surface area contributed by atoms with Gasteiger partial charge in [-0.3, -0.25) is 0 Å². The van der Waals surface area contributed by atoms with Gasteiger partial charge in [-0.1, -0.05) is 5.16 Å². The molecule has 9 heavy (non-hydrogen) atoms. The highest BCUT2D eigenvalue weighted by Crippen LogP contribution is 1.96. The zero-order valence-corrected chi connectivity index (χ0v) is 5.85. The fraction of sp³-hybridized carbons (Fsp3) is 0.286. The Morgan fingerprint density at radius 2 is 2.00 bits per heavy atom. The molecule has 0 aliphatic heterocycles. The quantitative estimate of drug-likeness (QED) is 0.496. The van der Waals surface area contributed by atoms with Gasteiger partial charge in [-0.15, -0.1) is 13.2 Å². The van der Waals surface area contributed by atoms with E-state index in [-0.39, 0.29) is 0 Å². The molecule has 1 aromatic rings. The Kier molecular flexibility index (Phi) is 3.44. The molecule has 0 N–H and O–H groups in total. The van der Waals surface area contributed by atoms with E-state index in [0.717, 1.165) is 11.5 Å². The molecule has 50 valence electrons. The van der Waals surface area contributed by atoms with Crippen molar-refractivity contribution in [3.05, 3.63) is 30.7 Å². The van der Waals surface area contributed by atoms with Crippen molar-refractivity contribution in [2.75, 3.05) is 0 Å². The highest BCUT2D eigenvalue weighted by Gasteiger charge is 1.88. The predicted octanol–water partition coefficient (Wildman–Crippen LogP) is 2.09. The number of hydrogen-bond acceptors (Lipinski definition) is 2. The highest BCUT2D eigenvalue weighted by molar-refractivity contribution is 4.99. The van der Waals surface area contributed by atoms with Gasteiger partial charge in [0.05, 0.1) is 5.69 Å². The smallest absolute Gasteiger partial charge is 0.133 e. The zero-order chi connectivity index (χ0) is 7.28. The van der Waals surface area contributed by atoms with Crippen molar-refractivity contribution in [2.45, 2.75) is 13.8 Å². The number of nitrogens with zero attached hydrogens (tertiary/aromatic N) is 1. The first kappa shape index (κ1) is 7.95. The van der Waals surface area contributed by atoms with Crippen LogP contribution in [0.1, 0.15) is 11.5 Å². The van der Waals surface area contributed by atoms with Crippen LogP contribution in [0.2, 0.25) is 0 Å². The molecule has 0 saturated carbocycles. The topological polar surface area (TPSA) is 26.0 Å². The van der Waals surface area contributed by atoms with Crippen LogP contribution in [0.25, 0.3) is 0 Å². The van der Waals surface area contributed by atoms with E-state index in [9.17, 15) is 0 Å². The number of hydrogen-bond donors (Lipinski definition) is 0. The third-order valence-corrected chi connectivity index (χ3v) is 0.746. The van der Waals surface area contributed by atoms with Crippen LogP contribution < -0.4 is 0 Å². The maximum absolute atomic E-state index is 4.71. The van der Waals surface area contributed by atoms with Gasteiger partial charge < -0.3 is 4.52 Å². The van der Waals surface area contributed by atoms with Crippen molar-refractivity contribution in [1.82, 2.24) is 5.16 Å². The minimum atomic E-state index is 0.873. The third-order valence-electron chi connectivity index (χ3n) is 0.746. The Balaban J connectivity index is 0.000000291. The third kappa shape index (κ3) is 2.69. The molecule has 0 aromatic carbocycles. The summed E-state index contributed by atoms with van der Waals surface area (Å²) in [6.07, 6.45) is 0. The normalized spacial score (nSPS) is 7.78. The summed E-state index contributed by atoms with van der Waals surface area (Å²) in [5.74, 6) is 0.873.